The van der Waals surface area contributed by atoms with E-state index < -0.39 is 29.8 Å². The highest BCUT2D eigenvalue weighted by Crippen LogP contribution is 2.39. The Balaban J connectivity index is 2.39. The van der Waals surface area contributed by atoms with Crippen LogP contribution in [0.15, 0.2) is 23.4 Å². The summed E-state index contributed by atoms with van der Waals surface area (Å²) in [5.41, 5.74) is -2.50. The van der Waals surface area contributed by atoms with E-state index in [2.05, 4.69) is 0 Å². The first kappa shape index (κ1) is 15.2. The summed E-state index contributed by atoms with van der Waals surface area (Å²) in [6, 6.07) is 0. The van der Waals surface area contributed by atoms with Crippen LogP contribution in [0.25, 0.3) is 0 Å². The summed E-state index contributed by atoms with van der Waals surface area (Å²) in [5, 5.41) is 0. The molecule has 0 bridgehead atoms. The van der Waals surface area contributed by atoms with Gasteiger partial charge in [-0.3, -0.25) is 4.90 Å². The zero-order valence-corrected chi connectivity index (χ0v) is 10.7. The molecule has 1 saturated heterocycles. The van der Waals surface area contributed by atoms with Gasteiger partial charge >= 0.3 is 12.4 Å². The molecule has 0 radical (unpaired) electrons. The maximum atomic E-state index is 12.9. The molecule has 2 nitrogen and oxygen atoms in total. The Kier molecular flexibility index (Phi) is 3.79. The Hall–Kier alpha value is -1.18. The molecule has 0 aromatic carbocycles. The first-order chi connectivity index (χ1) is 9.10. The summed E-state index contributed by atoms with van der Waals surface area (Å²) in [6.07, 6.45) is -7.99. The highest BCUT2D eigenvalue weighted by Gasteiger charge is 2.45. The van der Waals surface area contributed by atoms with Gasteiger partial charge in [0.15, 0.2) is 0 Å². The first-order valence-electron chi connectivity index (χ1n) is 6.15. The van der Waals surface area contributed by atoms with Gasteiger partial charge in [0.1, 0.15) is 11.9 Å². The molecule has 2 aliphatic heterocycles. The van der Waals surface area contributed by atoms with E-state index in [-0.39, 0.29) is 6.08 Å². The largest absolute Gasteiger partial charge is 0.431 e. The van der Waals surface area contributed by atoms with Crippen molar-refractivity contribution in [3.8, 4) is 0 Å². The van der Waals surface area contributed by atoms with E-state index in [4.69, 9.17) is 0 Å². The first-order valence-corrected chi connectivity index (χ1v) is 6.15. The molecular formula is C12H14F6N2. The molecule has 2 aliphatic rings. The normalized spacial score (nSPS) is 25.8. The predicted molar refractivity (Wildman–Crippen MR) is 60.6 cm³/mol. The van der Waals surface area contributed by atoms with Gasteiger partial charge in [-0.25, -0.2) is 0 Å². The van der Waals surface area contributed by atoms with Gasteiger partial charge in [-0.1, -0.05) is 0 Å². The van der Waals surface area contributed by atoms with Crippen molar-refractivity contribution in [2.45, 2.75) is 31.4 Å². The van der Waals surface area contributed by atoms with E-state index in [1.54, 1.807) is 4.90 Å². The number of halogens is 6. The van der Waals surface area contributed by atoms with Crippen LogP contribution in [0.5, 0.6) is 0 Å². The van der Waals surface area contributed by atoms with Crippen molar-refractivity contribution >= 4 is 0 Å². The van der Waals surface area contributed by atoms with Crippen LogP contribution in [-0.4, -0.2) is 48.5 Å². The second kappa shape index (κ2) is 4.98. The van der Waals surface area contributed by atoms with Crippen LogP contribution in [0.1, 0.15) is 12.8 Å². The van der Waals surface area contributed by atoms with E-state index in [1.807, 2.05) is 0 Å². The van der Waals surface area contributed by atoms with Gasteiger partial charge in [0.25, 0.3) is 0 Å². The van der Waals surface area contributed by atoms with Gasteiger partial charge in [0, 0.05) is 20.1 Å². The molecule has 0 aromatic heterocycles. The minimum Gasteiger partial charge on any atom is -0.351 e. The van der Waals surface area contributed by atoms with E-state index >= 15 is 0 Å². The quantitative estimate of drug-likeness (QED) is 0.686. The molecule has 1 atom stereocenters. The van der Waals surface area contributed by atoms with E-state index in [9.17, 15) is 26.3 Å². The van der Waals surface area contributed by atoms with E-state index in [0.717, 1.165) is 23.8 Å². The van der Waals surface area contributed by atoms with Crippen molar-refractivity contribution in [2.24, 2.45) is 0 Å². The van der Waals surface area contributed by atoms with E-state index in [1.165, 1.54) is 7.05 Å². The Bertz CT molecular complexity index is 428. The molecule has 0 aliphatic carbocycles. The number of hydrogen-bond donors (Lipinski definition) is 0. The third-order valence-corrected chi connectivity index (χ3v) is 3.53. The van der Waals surface area contributed by atoms with Crippen LogP contribution in [0.3, 0.4) is 0 Å². The van der Waals surface area contributed by atoms with Crippen molar-refractivity contribution in [1.82, 2.24) is 9.80 Å². The molecule has 1 unspecified atom stereocenters. The van der Waals surface area contributed by atoms with Gasteiger partial charge in [0.2, 0.25) is 0 Å². The van der Waals surface area contributed by atoms with Crippen LogP contribution in [0, 0.1) is 0 Å². The number of hydrogen-bond acceptors (Lipinski definition) is 2. The van der Waals surface area contributed by atoms with Gasteiger partial charge in [0.05, 0.1) is 5.57 Å². The van der Waals surface area contributed by atoms with Gasteiger partial charge in [-0.2, -0.15) is 26.3 Å². The lowest BCUT2D eigenvalue weighted by Gasteiger charge is -2.39. The van der Waals surface area contributed by atoms with Crippen molar-refractivity contribution in [3.05, 3.63) is 23.4 Å². The predicted octanol–water partition coefficient (Wildman–Crippen LogP) is 3.29. The molecule has 2 rings (SSSR count). The average molecular weight is 300 g/mol. The Labute approximate surface area is 112 Å². The van der Waals surface area contributed by atoms with Crippen molar-refractivity contribution in [1.29, 1.82) is 0 Å². The molecule has 8 heteroatoms. The molecule has 0 amide bonds. The molecule has 0 saturated carbocycles. The fourth-order valence-electron chi connectivity index (χ4n) is 2.53. The monoisotopic (exact) mass is 300 g/mol. The SMILES string of the molecule is CN1C(C(F)(F)F)=CC(C(F)(F)F)=CC1N1CCCC1. The van der Waals surface area contributed by atoms with Crippen LogP contribution >= 0.6 is 0 Å². The topological polar surface area (TPSA) is 6.48 Å². The molecule has 1 fully saturated rings. The second-order valence-corrected chi connectivity index (χ2v) is 4.91. The fourth-order valence-corrected chi connectivity index (χ4v) is 2.53. The number of allylic oxidation sites excluding steroid dienone is 3. The minimum atomic E-state index is -4.81. The van der Waals surface area contributed by atoms with Gasteiger partial charge in [-0.15, -0.1) is 0 Å². The summed E-state index contributed by atoms with van der Waals surface area (Å²) in [6.45, 7) is 1.00. The summed E-state index contributed by atoms with van der Waals surface area (Å²) in [5.74, 6) is 0. The molecular weight excluding hydrogens is 286 g/mol. The molecule has 0 aromatic rings. The molecule has 20 heavy (non-hydrogen) atoms. The number of alkyl halides is 6. The Morgan fingerprint density at radius 1 is 1.00 bits per heavy atom. The standard InChI is InChI=1S/C12H14F6N2/c1-19-9(12(16,17)18)6-8(11(13,14)15)7-10(19)20-4-2-3-5-20/h6-7,10H,2-5H2,1H3. The molecule has 0 N–H and O–H groups in total. The van der Waals surface area contributed by atoms with Crippen LogP contribution in [0.2, 0.25) is 0 Å². The zero-order valence-electron chi connectivity index (χ0n) is 10.7. The maximum absolute atomic E-state index is 12.9. The number of likely N-dealkylation sites (N-methyl/N-ethyl adjacent to an activating group) is 1. The maximum Gasteiger partial charge on any atom is 0.431 e. The third kappa shape index (κ3) is 2.94. The summed E-state index contributed by atoms with van der Waals surface area (Å²) < 4.78 is 77.0. The van der Waals surface area contributed by atoms with Crippen molar-refractivity contribution in [2.75, 3.05) is 20.1 Å². The average Bonchev–Trinajstić information content (AvgIpc) is 2.79. The van der Waals surface area contributed by atoms with Gasteiger partial charge in [-0.05, 0) is 25.0 Å². The highest BCUT2D eigenvalue weighted by atomic mass is 19.4. The smallest absolute Gasteiger partial charge is 0.351 e. The zero-order chi connectivity index (χ0) is 15.1. The second-order valence-electron chi connectivity index (χ2n) is 4.91. The van der Waals surface area contributed by atoms with Gasteiger partial charge < -0.3 is 4.90 Å². The lowest BCUT2D eigenvalue weighted by Crippen LogP contribution is -2.48. The molecule has 0 spiro atoms. The van der Waals surface area contributed by atoms with E-state index in [0.29, 0.717) is 13.1 Å². The number of rotatable bonds is 1. The van der Waals surface area contributed by atoms with Crippen LogP contribution < -0.4 is 0 Å². The Morgan fingerprint density at radius 3 is 2.00 bits per heavy atom. The third-order valence-electron chi connectivity index (χ3n) is 3.53. The number of nitrogens with zero attached hydrogens (tertiary/aromatic N) is 2. The fraction of sp³-hybridized carbons (Fsp3) is 0.667. The van der Waals surface area contributed by atoms with Crippen LogP contribution in [0.4, 0.5) is 26.3 Å². The lowest BCUT2D eigenvalue weighted by atomic mass is 10.1. The summed E-state index contributed by atoms with van der Waals surface area (Å²) in [4.78, 5) is 2.49. The van der Waals surface area contributed by atoms with Crippen molar-refractivity contribution in [3.63, 3.8) is 0 Å². The highest BCUT2D eigenvalue weighted by molar-refractivity contribution is 5.35. The number of likely N-dealkylation sites (tertiary alicyclic amines) is 1. The molecule has 114 valence electrons. The van der Waals surface area contributed by atoms with Crippen molar-refractivity contribution < 1.29 is 26.3 Å². The minimum absolute atomic E-state index is 0.173. The molecule has 2 heterocycles. The lowest BCUT2D eigenvalue weighted by molar-refractivity contribution is -0.120. The summed E-state index contributed by atoms with van der Waals surface area (Å²) in [7, 11) is 1.17. The Morgan fingerprint density at radius 2 is 1.55 bits per heavy atom. The summed E-state index contributed by atoms with van der Waals surface area (Å²) >= 11 is 0. The van der Waals surface area contributed by atoms with Crippen LogP contribution in [-0.2, 0) is 0 Å².